The maximum absolute atomic E-state index is 13.8. The van der Waals surface area contributed by atoms with Crippen LogP contribution in [0.3, 0.4) is 0 Å². The molecule has 2 aromatic carbocycles. The number of benzene rings is 2. The van der Waals surface area contributed by atoms with Crippen LogP contribution >= 0.6 is 11.6 Å². The smallest absolute Gasteiger partial charge is 0.296 e. The van der Waals surface area contributed by atoms with Crippen molar-refractivity contribution in [2.24, 2.45) is 0 Å². The standard InChI is InChI=1S/C23H14ClFN2O3/c1-12-8-9-26-18(10-12)27-20(13-2-4-14(24)5-3-13)19-21(28)16-11-15(25)6-7-17(16)30-22(19)23(27)29/h2-11,20H,1H3/t20-/m1/s1. The van der Waals surface area contributed by atoms with Crippen LogP contribution < -0.4 is 10.3 Å². The molecule has 1 aliphatic rings. The molecule has 5 nitrogen and oxygen atoms in total. The topological polar surface area (TPSA) is 63.4 Å². The minimum atomic E-state index is -0.775. The second-order valence-electron chi connectivity index (χ2n) is 7.14. The number of hydrogen-bond acceptors (Lipinski definition) is 4. The van der Waals surface area contributed by atoms with Crippen LogP contribution in [0.25, 0.3) is 11.0 Å². The zero-order valence-electron chi connectivity index (χ0n) is 15.7. The van der Waals surface area contributed by atoms with Crippen LogP contribution in [0.15, 0.2) is 70.0 Å². The van der Waals surface area contributed by atoms with Crippen LogP contribution in [0, 0.1) is 12.7 Å². The number of hydrogen-bond donors (Lipinski definition) is 0. The highest BCUT2D eigenvalue weighted by molar-refractivity contribution is 6.30. The molecule has 5 rings (SSSR count). The number of aryl methyl sites for hydroxylation is 1. The predicted octanol–water partition coefficient (Wildman–Crippen LogP) is 5.04. The van der Waals surface area contributed by atoms with E-state index >= 15 is 0 Å². The zero-order valence-corrected chi connectivity index (χ0v) is 16.5. The number of aromatic nitrogens is 1. The number of halogens is 2. The summed E-state index contributed by atoms with van der Waals surface area (Å²) in [6.07, 6.45) is 1.60. The lowest BCUT2D eigenvalue weighted by molar-refractivity contribution is 0.0970. The van der Waals surface area contributed by atoms with Crippen LogP contribution in [0.5, 0.6) is 0 Å². The highest BCUT2D eigenvalue weighted by Crippen LogP contribution is 2.40. The van der Waals surface area contributed by atoms with E-state index in [1.165, 1.54) is 17.0 Å². The number of fused-ring (bicyclic) bond motifs is 2. The first-order valence-electron chi connectivity index (χ1n) is 9.22. The van der Waals surface area contributed by atoms with Crippen molar-refractivity contribution in [3.05, 3.63) is 104 Å². The monoisotopic (exact) mass is 420 g/mol. The van der Waals surface area contributed by atoms with Crippen molar-refractivity contribution in [2.45, 2.75) is 13.0 Å². The SMILES string of the molecule is Cc1ccnc(N2C(=O)c3oc4ccc(F)cc4c(=O)c3[C@H]2c2ccc(Cl)cc2)c1. The summed E-state index contributed by atoms with van der Waals surface area (Å²) in [4.78, 5) is 32.5. The van der Waals surface area contributed by atoms with Gasteiger partial charge in [-0.25, -0.2) is 9.37 Å². The van der Waals surface area contributed by atoms with Gasteiger partial charge in [-0.1, -0.05) is 23.7 Å². The normalized spacial score (nSPS) is 15.6. The summed E-state index contributed by atoms with van der Waals surface area (Å²) in [5.41, 5.74) is 1.43. The molecule has 1 aliphatic heterocycles. The van der Waals surface area contributed by atoms with E-state index in [2.05, 4.69) is 4.98 Å². The molecule has 0 saturated carbocycles. The van der Waals surface area contributed by atoms with E-state index in [4.69, 9.17) is 16.0 Å². The molecule has 2 aromatic heterocycles. The van der Waals surface area contributed by atoms with E-state index in [9.17, 15) is 14.0 Å². The lowest BCUT2D eigenvalue weighted by Crippen LogP contribution is -2.30. The molecule has 0 saturated heterocycles. The van der Waals surface area contributed by atoms with Crippen LogP contribution in [0.2, 0.25) is 5.02 Å². The fraction of sp³-hybridized carbons (Fsp3) is 0.0870. The molecule has 0 radical (unpaired) electrons. The van der Waals surface area contributed by atoms with Crippen LogP contribution in [-0.4, -0.2) is 10.9 Å². The third-order valence-corrected chi connectivity index (χ3v) is 5.42. The summed E-state index contributed by atoms with van der Waals surface area (Å²) in [7, 11) is 0. The van der Waals surface area contributed by atoms with E-state index in [-0.39, 0.29) is 22.3 Å². The van der Waals surface area contributed by atoms with Gasteiger partial charge in [0, 0.05) is 11.2 Å². The number of carbonyl (C=O) groups is 1. The molecular formula is C23H14ClFN2O3. The van der Waals surface area contributed by atoms with Gasteiger partial charge >= 0.3 is 0 Å². The summed E-state index contributed by atoms with van der Waals surface area (Å²) in [6, 6.07) is 13.3. The molecule has 0 bridgehead atoms. The highest BCUT2D eigenvalue weighted by atomic mass is 35.5. The summed E-state index contributed by atoms with van der Waals surface area (Å²) < 4.78 is 19.6. The lowest BCUT2D eigenvalue weighted by Gasteiger charge is -2.24. The molecule has 0 N–H and O–H groups in total. The minimum absolute atomic E-state index is 0.0673. The molecule has 0 spiro atoms. The van der Waals surface area contributed by atoms with E-state index in [1.54, 1.807) is 36.5 Å². The van der Waals surface area contributed by atoms with Crippen LogP contribution in [0.4, 0.5) is 10.2 Å². The second kappa shape index (κ2) is 6.78. The molecule has 7 heteroatoms. The number of amides is 1. The summed E-state index contributed by atoms with van der Waals surface area (Å²) >= 11 is 6.03. The molecule has 0 unspecified atom stereocenters. The van der Waals surface area contributed by atoms with Crippen molar-refractivity contribution in [2.75, 3.05) is 4.90 Å². The average molecular weight is 421 g/mol. The average Bonchev–Trinajstić information content (AvgIpc) is 3.02. The Hall–Kier alpha value is -3.51. The van der Waals surface area contributed by atoms with E-state index in [1.807, 2.05) is 13.0 Å². The van der Waals surface area contributed by atoms with E-state index in [0.717, 1.165) is 11.6 Å². The van der Waals surface area contributed by atoms with E-state index < -0.39 is 23.2 Å². The Morgan fingerprint density at radius 3 is 2.57 bits per heavy atom. The van der Waals surface area contributed by atoms with Gasteiger partial charge in [-0.2, -0.15) is 0 Å². The Kier molecular flexibility index (Phi) is 4.18. The van der Waals surface area contributed by atoms with Crippen molar-refractivity contribution >= 4 is 34.3 Å². The number of carbonyl (C=O) groups excluding carboxylic acids is 1. The van der Waals surface area contributed by atoms with Gasteiger partial charge in [-0.15, -0.1) is 0 Å². The van der Waals surface area contributed by atoms with Crippen molar-refractivity contribution in [1.82, 2.24) is 4.98 Å². The molecule has 1 atom stereocenters. The molecule has 0 fully saturated rings. The predicted molar refractivity (Wildman–Crippen MR) is 112 cm³/mol. The summed E-state index contributed by atoms with van der Waals surface area (Å²) in [5, 5.41) is 0.607. The largest absolute Gasteiger partial charge is 0.450 e. The fourth-order valence-electron chi connectivity index (χ4n) is 3.79. The van der Waals surface area contributed by atoms with Crippen molar-refractivity contribution in [1.29, 1.82) is 0 Å². The van der Waals surface area contributed by atoms with Crippen LogP contribution in [-0.2, 0) is 0 Å². The zero-order chi connectivity index (χ0) is 21.0. The third-order valence-electron chi connectivity index (χ3n) is 5.17. The Morgan fingerprint density at radius 2 is 1.83 bits per heavy atom. The Balaban J connectivity index is 1.83. The molecule has 1 amide bonds. The van der Waals surface area contributed by atoms with Crippen molar-refractivity contribution < 1.29 is 13.6 Å². The maximum atomic E-state index is 13.8. The molecule has 0 aliphatic carbocycles. The quantitative estimate of drug-likeness (QED) is 0.456. The van der Waals surface area contributed by atoms with Crippen LogP contribution in [0.1, 0.15) is 33.3 Å². The van der Waals surface area contributed by atoms with Crippen molar-refractivity contribution in [3.8, 4) is 0 Å². The molecule has 30 heavy (non-hydrogen) atoms. The van der Waals surface area contributed by atoms with Gasteiger partial charge < -0.3 is 4.42 Å². The van der Waals surface area contributed by atoms with Crippen molar-refractivity contribution in [3.63, 3.8) is 0 Å². The first kappa shape index (κ1) is 18.5. The maximum Gasteiger partial charge on any atom is 0.296 e. The number of anilines is 1. The molecular weight excluding hydrogens is 407 g/mol. The van der Waals surface area contributed by atoms with Gasteiger partial charge in [0.1, 0.15) is 17.2 Å². The van der Waals surface area contributed by atoms with Gasteiger partial charge in [-0.05, 0) is 60.5 Å². The molecule has 4 aromatic rings. The summed E-state index contributed by atoms with van der Waals surface area (Å²) in [6.45, 7) is 1.89. The van der Waals surface area contributed by atoms with E-state index in [0.29, 0.717) is 16.4 Å². The van der Waals surface area contributed by atoms with Gasteiger partial charge in [0.25, 0.3) is 5.91 Å². The number of rotatable bonds is 2. The Labute approximate surface area is 175 Å². The van der Waals surface area contributed by atoms with Gasteiger partial charge in [0.05, 0.1) is 17.0 Å². The third kappa shape index (κ3) is 2.80. The van der Waals surface area contributed by atoms with Gasteiger partial charge in [-0.3, -0.25) is 14.5 Å². The first-order chi connectivity index (χ1) is 14.4. The first-order valence-corrected chi connectivity index (χ1v) is 9.60. The fourth-order valence-corrected chi connectivity index (χ4v) is 3.92. The second-order valence-corrected chi connectivity index (χ2v) is 7.57. The van der Waals surface area contributed by atoms with Gasteiger partial charge in [0.15, 0.2) is 5.43 Å². The Bertz CT molecular complexity index is 1380. The minimum Gasteiger partial charge on any atom is -0.450 e. The molecule has 148 valence electrons. The highest BCUT2D eigenvalue weighted by Gasteiger charge is 2.44. The summed E-state index contributed by atoms with van der Waals surface area (Å²) in [5.74, 6) is -0.714. The van der Waals surface area contributed by atoms with Gasteiger partial charge in [0.2, 0.25) is 5.76 Å². The Morgan fingerprint density at radius 1 is 1.07 bits per heavy atom. The number of nitrogens with zero attached hydrogens (tertiary/aromatic N) is 2. The number of pyridine rings is 1. The molecule has 3 heterocycles. The lowest BCUT2D eigenvalue weighted by atomic mass is 9.98.